The first kappa shape index (κ1) is 13.5. The number of anilines is 1. The smallest absolute Gasteiger partial charge is 0.342 e. The lowest BCUT2D eigenvalue weighted by molar-refractivity contribution is 0.0380. The highest BCUT2D eigenvalue weighted by atomic mass is 32.2. The second-order valence-corrected chi connectivity index (χ2v) is 7.03. The van der Waals surface area contributed by atoms with Crippen LogP contribution in [0.4, 0.5) is 5.00 Å². The van der Waals surface area contributed by atoms with Crippen LogP contribution in [0, 0.1) is 0 Å². The molecule has 1 aromatic carbocycles. The number of esters is 1. The maximum absolute atomic E-state index is 12.3. The molecule has 0 bridgehead atoms. The van der Waals surface area contributed by atoms with Crippen LogP contribution in [0.25, 0.3) is 11.1 Å². The Kier molecular flexibility index (Phi) is 3.48. The van der Waals surface area contributed by atoms with Crippen molar-refractivity contribution in [2.45, 2.75) is 30.6 Å². The SMILES string of the molecule is CC(C)OC(=O)c1c(N)sc2c1-c1ccccc1SC2. The Morgan fingerprint density at radius 1 is 1.35 bits per heavy atom. The van der Waals surface area contributed by atoms with Gasteiger partial charge in [-0.2, -0.15) is 0 Å². The zero-order valence-corrected chi connectivity index (χ0v) is 12.9. The third-order valence-electron chi connectivity index (χ3n) is 3.07. The maximum atomic E-state index is 12.3. The number of hydrogen-bond donors (Lipinski definition) is 1. The molecule has 0 unspecified atom stereocenters. The fraction of sp³-hybridized carbons (Fsp3) is 0.267. The van der Waals surface area contributed by atoms with Crippen LogP contribution in [0.2, 0.25) is 0 Å². The predicted octanol–water partition coefficient (Wildman–Crippen LogP) is 4.17. The molecular formula is C15H15NO2S2. The first-order chi connectivity index (χ1) is 9.58. The van der Waals surface area contributed by atoms with E-state index in [1.54, 1.807) is 11.8 Å². The minimum absolute atomic E-state index is 0.148. The van der Waals surface area contributed by atoms with Crippen molar-refractivity contribution in [3.8, 4) is 11.1 Å². The van der Waals surface area contributed by atoms with Crippen LogP contribution in [0.15, 0.2) is 29.2 Å². The molecule has 2 N–H and O–H groups in total. The molecule has 20 heavy (non-hydrogen) atoms. The van der Waals surface area contributed by atoms with Gasteiger partial charge in [0.1, 0.15) is 10.6 Å². The highest BCUT2D eigenvalue weighted by molar-refractivity contribution is 7.98. The molecule has 1 aromatic heterocycles. The van der Waals surface area contributed by atoms with Crippen molar-refractivity contribution in [2.24, 2.45) is 0 Å². The number of carbonyl (C=O) groups is 1. The number of carbonyl (C=O) groups excluding carboxylic acids is 1. The second-order valence-electron chi connectivity index (χ2n) is 4.88. The van der Waals surface area contributed by atoms with Crippen molar-refractivity contribution in [3.63, 3.8) is 0 Å². The second kappa shape index (κ2) is 5.14. The molecule has 2 heterocycles. The molecule has 0 fully saturated rings. The maximum Gasteiger partial charge on any atom is 0.342 e. The largest absolute Gasteiger partial charge is 0.459 e. The summed E-state index contributed by atoms with van der Waals surface area (Å²) in [5, 5.41) is 0.554. The van der Waals surface area contributed by atoms with Gasteiger partial charge < -0.3 is 10.5 Å². The lowest BCUT2D eigenvalue weighted by atomic mass is 10.0. The number of ether oxygens (including phenoxy) is 1. The summed E-state index contributed by atoms with van der Waals surface area (Å²) in [4.78, 5) is 14.7. The van der Waals surface area contributed by atoms with Gasteiger partial charge in [-0.1, -0.05) is 18.2 Å². The highest BCUT2D eigenvalue weighted by Gasteiger charge is 2.29. The van der Waals surface area contributed by atoms with Crippen molar-refractivity contribution >= 4 is 34.1 Å². The van der Waals surface area contributed by atoms with Gasteiger partial charge in [-0.25, -0.2) is 4.79 Å². The van der Waals surface area contributed by atoms with Crippen LogP contribution >= 0.6 is 23.1 Å². The predicted molar refractivity (Wildman–Crippen MR) is 84.3 cm³/mol. The molecule has 5 heteroatoms. The molecule has 0 radical (unpaired) electrons. The van der Waals surface area contributed by atoms with Crippen molar-refractivity contribution in [2.75, 3.05) is 5.73 Å². The summed E-state index contributed by atoms with van der Waals surface area (Å²) in [6.07, 6.45) is -0.148. The molecule has 0 spiro atoms. The minimum atomic E-state index is -0.322. The third-order valence-corrected chi connectivity index (χ3v) is 5.37. The molecule has 0 aliphatic carbocycles. The minimum Gasteiger partial charge on any atom is -0.459 e. The number of rotatable bonds is 2. The van der Waals surface area contributed by atoms with E-state index in [2.05, 4.69) is 6.07 Å². The number of benzene rings is 1. The summed E-state index contributed by atoms with van der Waals surface area (Å²) in [6, 6.07) is 8.12. The Morgan fingerprint density at radius 2 is 2.10 bits per heavy atom. The van der Waals surface area contributed by atoms with E-state index in [1.807, 2.05) is 32.0 Å². The summed E-state index contributed by atoms with van der Waals surface area (Å²) in [7, 11) is 0. The van der Waals surface area contributed by atoms with Crippen molar-refractivity contribution < 1.29 is 9.53 Å². The van der Waals surface area contributed by atoms with Crippen LogP contribution in [-0.2, 0) is 10.5 Å². The first-order valence-corrected chi connectivity index (χ1v) is 8.22. The average molecular weight is 305 g/mol. The van der Waals surface area contributed by atoms with Gasteiger partial charge >= 0.3 is 5.97 Å². The van der Waals surface area contributed by atoms with Gasteiger partial charge in [0.05, 0.1) is 6.10 Å². The third kappa shape index (κ3) is 2.21. The van der Waals surface area contributed by atoms with Crippen LogP contribution in [-0.4, -0.2) is 12.1 Å². The number of thioether (sulfide) groups is 1. The molecule has 0 saturated heterocycles. The van der Waals surface area contributed by atoms with Gasteiger partial charge in [0.25, 0.3) is 0 Å². The average Bonchev–Trinajstić information content (AvgIpc) is 2.74. The standard InChI is InChI=1S/C15H15NO2S2/c1-8(2)18-15(17)13-12-9-5-3-4-6-10(9)19-7-11(12)20-14(13)16/h3-6,8H,7,16H2,1-2H3. The van der Waals surface area contributed by atoms with Gasteiger partial charge in [-0.05, 0) is 25.5 Å². The number of thiophene rings is 1. The molecule has 2 aromatic rings. The Morgan fingerprint density at radius 3 is 2.85 bits per heavy atom. The highest BCUT2D eigenvalue weighted by Crippen LogP contribution is 2.48. The molecule has 104 valence electrons. The normalized spacial score (nSPS) is 12.9. The Balaban J connectivity index is 2.15. The van der Waals surface area contributed by atoms with E-state index in [1.165, 1.54) is 16.2 Å². The fourth-order valence-corrected chi connectivity index (χ4v) is 4.51. The van der Waals surface area contributed by atoms with E-state index in [-0.39, 0.29) is 12.1 Å². The zero-order chi connectivity index (χ0) is 14.3. The van der Waals surface area contributed by atoms with Crippen LogP contribution in [0.3, 0.4) is 0 Å². The first-order valence-electron chi connectivity index (χ1n) is 6.42. The Hall–Kier alpha value is -1.46. The lowest BCUT2D eigenvalue weighted by Crippen LogP contribution is -2.13. The molecule has 3 rings (SSSR count). The summed E-state index contributed by atoms with van der Waals surface area (Å²) in [5.41, 5.74) is 8.65. The lowest BCUT2D eigenvalue weighted by Gasteiger charge is -2.17. The van der Waals surface area contributed by atoms with Crippen LogP contribution in [0.5, 0.6) is 0 Å². The van der Waals surface area contributed by atoms with E-state index in [9.17, 15) is 4.79 Å². The van der Waals surface area contributed by atoms with Gasteiger partial charge in [0.15, 0.2) is 0 Å². The monoisotopic (exact) mass is 305 g/mol. The number of hydrogen-bond acceptors (Lipinski definition) is 5. The van der Waals surface area contributed by atoms with Crippen molar-refractivity contribution in [1.82, 2.24) is 0 Å². The van der Waals surface area contributed by atoms with E-state index < -0.39 is 0 Å². The van der Waals surface area contributed by atoms with Crippen molar-refractivity contribution in [3.05, 3.63) is 34.7 Å². The summed E-state index contributed by atoms with van der Waals surface area (Å²) >= 11 is 3.27. The molecule has 1 aliphatic heterocycles. The topological polar surface area (TPSA) is 52.3 Å². The quantitative estimate of drug-likeness (QED) is 0.846. The molecule has 0 saturated carbocycles. The zero-order valence-electron chi connectivity index (χ0n) is 11.3. The Bertz CT molecular complexity index is 677. The number of fused-ring (bicyclic) bond motifs is 3. The molecule has 3 nitrogen and oxygen atoms in total. The fourth-order valence-electron chi connectivity index (χ4n) is 2.30. The number of nitrogens with two attached hydrogens (primary N) is 1. The van der Waals surface area contributed by atoms with Gasteiger partial charge in [0, 0.05) is 21.1 Å². The van der Waals surface area contributed by atoms with Crippen molar-refractivity contribution in [1.29, 1.82) is 0 Å². The summed E-state index contributed by atoms with van der Waals surface area (Å²) in [5.74, 6) is 0.535. The van der Waals surface area contributed by atoms with Gasteiger partial charge in [0.2, 0.25) is 0 Å². The van der Waals surface area contributed by atoms with Gasteiger partial charge in [-0.3, -0.25) is 0 Å². The van der Waals surface area contributed by atoms with Crippen LogP contribution < -0.4 is 5.73 Å². The van der Waals surface area contributed by atoms with E-state index in [4.69, 9.17) is 10.5 Å². The molecule has 1 aliphatic rings. The summed E-state index contributed by atoms with van der Waals surface area (Å²) in [6.45, 7) is 3.69. The number of nitrogen functional groups attached to an aromatic ring is 1. The van der Waals surface area contributed by atoms with E-state index in [0.29, 0.717) is 10.6 Å². The molecular weight excluding hydrogens is 290 g/mol. The van der Waals surface area contributed by atoms with Crippen LogP contribution in [0.1, 0.15) is 29.1 Å². The van der Waals surface area contributed by atoms with Gasteiger partial charge in [-0.15, -0.1) is 23.1 Å². The molecule has 0 amide bonds. The van der Waals surface area contributed by atoms with E-state index >= 15 is 0 Å². The molecule has 0 atom stereocenters. The summed E-state index contributed by atoms with van der Waals surface area (Å²) < 4.78 is 5.34. The Labute approximate surface area is 126 Å². The van der Waals surface area contributed by atoms with E-state index in [0.717, 1.165) is 21.8 Å².